The molecule has 0 amide bonds. The van der Waals surface area contributed by atoms with Gasteiger partial charge in [0, 0.05) is 6.54 Å². The van der Waals surface area contributed by atoms with Gasteiger partial charge in [0.25, 0.3) is 0 Å². The Balaban J connectivity index is 2.73. The van der Waals surface area contributed by atoms with Crippen LogP contribution in [0.5, 0.6) is 0 Å². The fourth-order valence-corrected chi connectivity index (χ4v) is 1.26. The largest absolute Gasteiger partial charge is 0.388 e. The lowest BCUT2D eigenvalue weighted by Gasteiger charge is -2.23. The van der Waals surface area contributed by atoms with E-state index in [1.54, 1.807) is 13.0 Å². The zero-order chi connectivity index (χ0) is 11.5. The molecule has 0 bridgehead atoms. The van der Waals surface area contributed by atoms with Crippen molar-refractivity contribution in [2.45, 2.75) is 32.8 Å². The maximum Gasteiger partial charge on any atom is 0.146 e. The van der Waals surface area contributed by atoms with E-state index in [2.05, 4.69) is 5.32 Å². The van der Waals surface area contributed by atoms with Gasteiger partial charge in [-0.15, -0.1) is 0 Å². The quantitative estimate of drug-likeness (QED) is 0.802. The van der Waals surface area contributed by atoms with Crippen LogP contribution in [-0.2, 0) is 0 Å². The Labute approximate surface area is 90.1 Å². The monoisotopic (exact) mass is 211 g/mol. The maximum atomic E-state index is 13.4. The molecular formula is C12H18FNO. The molecule has 2 N–H and O–H groups in total. The fourth-order valence-electron chi connectivity index (χ4n) is 1.26. The van der Waals surface area contributed by atoms with Gasteiger partial charge in [0.1, 0.15) is 5.82 Å². The molecule has 1 rings (SSSR count). The third-order valence-electron chi connectivity index (χ3n) is 2.63. The average Bonchev–Trinajstić information content (AvgIpc) is 2.17. The molecule has 1 unspecified atom stereocenters. The van der Waals surface area contributed by atoms with Crippen molar-refractivity contribution in [2.24, 2.45) is 0 Å². The molecule has 0 aliphatic carbocycles. The van der Waals surface area contributed by atoms with Crippen LogP contribution in [0.4, 0.5) is 10.1 Å². The average molecular weight is 211 g/mol. The second kappa shape index (κ2) is 4.62. The van der Waals surface area contributed by atoms with Gasteiger partial charge < -0.3 is 10.4 Å². The van der Waals surface area contributed by atoms with E-state index in [1.807, 2.05) is 19.9 Å². The Morgan fingerprint density at radius 2 is 2.13 bits per heavy atom. The predicted octanol–water partition coefficient (Wildman–Crippen LogP) is 2.71. The third-order valence-corrected chi connectivity index (χ3v) is 2.63. The molecule has 0 saturated carbocycles. The van der Waals surface area contributed by atoms with Crippen molar-refractivity contribution < 1.29 is 9.50 Å². The molecule has 0 aromatic heterocycles. The molecule has 0 spiro atoms. The summed E-state index contributed by atoms with van der Waals surface area (Å²) in [7, 11) is 0. The van der Waals surface area contributed by atoms with Crippen LogP contribution in [0.1, 0.15) is 25.8 Å². The Morgan fingerprint density at radius 1 is 1.47 bits per heavy atom. The van der Waals surface area contributed by atoms with Gasteiger partial charge in [0.05, 0.1) is 11.3 Å². The Hall–Kier alpha value is -1.09. The minimum absolute atomic E-state index is 0.276. The molecule has 84 valence electrons. The van der Waals surface area contributed by atoms with Crippen LogP contribution in [-0.4, -0.2) is 17.3 Å². The summed E-state index contributed by atoms with van der Waals surface area (Å²) in [4.78, 5) is 0. The van der Waals surface area contributed by atoms with Gasteiger partial charge in [-0.3, -0.25) is 0 Å². The van der Waals surface area contributed by atoms with Crippen molar-refractivity contribution in [2.75, 3.05) is 11.9 Å². The zero-order valence-corrected chi connectivity index (χ0v) is 9.47. The van der Waals surface area contributed by atoms with Gasteiger partial charge in [-0.1, -0.05) is 19.1 Å². The SMILES string of the molecule is CCC(C)(O)CNc1c(C)cccc1F. The summed E-state index contributed by atoms with van der Waals surface area (Å²) in [5.74, 6) is -0.276. The normalized spacial score (nSPS) is 14.7. The molecule has 3 heteroatoms. The van der Waals surface area contributed by atoms with Crippen molar-refractivity contribution in [1.82, 2.24) is 0 Å². The maximum absolute atomic E-state index is 13.4. The molecule has 0 aliphatic rings. The van der Waals surface area contributed by atoms with E-state index in [1.165, 1.54) is 6.07 Å². The molecular weight excluding hydrogens is 193 g/mol. The summed E-state index contributed by atoms with van der Waals surface area (Å²) < 4.78 is 13.4. The van der Waals surface area contributed by atoms with E-state index in [0.29, 0.717) is 18.7 Å². The lowest BCUT2D eigenvalue weighted by Crippen LogP contribution is -2.32. The number of hydrogen-bond acceptors (Lipinski definition) is 2. The molecule has 2 nitrogen and oxygen atoms in total. The second-order valence-corrected chi connectivity index (χ2v) is 4.14. The molecule has 1 aromatic carbocycles. The summed E-state index contributed by atoms with van der Waals surface area (Å²) in [6.45, 7) is 5.82. The molecule has 0 radical (unpaired) electrons. The number of anilines is 1. The van der Waals surface area contributed by atoms with E-state index in [0.717, 1.165) is 5.56 Å². The van der Waals surface area contributed by atoms with Crippen LogP contribution < -0.4 is 5.32 Å². The second-order valence-electron chi connectivity index (χ2n) is 4.14. The highest BCUT2D eigenvalue weighted by molar-refractivity contribution is 5.51. The van der Waals surface area contributed by atoms with Gasteiger partial charge in [-0.25, -0.2) is 4.39 Å². The van der Waals surface area contributed by atoms with Crippen LogP contribution in [0.25, 0.3) is 0 Å². The van der Waals surface area contributed by atoms with Gasteiger partial charge in [-0.05, 0) is 31.9 Å². The van der Waals surface area contributed by atoms with E-state index in [4.69, 9.17) is 0 Å². The number of aryl methyl sites for hydroxylation is 1. The first kappa shape index (κ1) is 12.0. The Morgan fingerprint density at radius 3 is 2.67 bits per heavy atom. The minimum atomic E-state index is -0.797. The van der Waals surface area contributed by atoms with Crippen LogP contribution in [0, 0.1) is 12.7 Å². The van der Waals surface area contributed by atoms with Crippen LogP contribution >= 0.6 is 0 Å². The molecule has 1 atom stereocenters. The fraction of sp³-hybridized carbons (Fsp3) is 0.500. The number of halogens is 1. The number of para-hydroxylation sites is 1. The minimum Gasteiger partial charge on any atom is -0.388 e. The smallest absolute Gasteiger partial charge is 0.146 e. The first-order valence-electron chi connectivity index (χ1n) is 5.17. The Bertz CT molecular complexity index is 316. The number of rotatable bonds is 4. The summed E-state index contributed by atoms with van der Waals surface area (Å²) in [6, 6.07) is 4.93. The van der Waals surface area contributed by atoms with Gasteiger partial charge in [0.15, 0.2) is 0 Å². The first-order valence-corrected chi connectivity index (χ1v) is 5.17. The molecule has 0 aliphatic heterocycles. The lowest BCUT2D eigenvalue weighted by molar-refractivity contribution is 0.0697. The van der Waals surface area contributed by atoms with E-state index < -0.39 is 5.60 Å². The van der Waals surface area contributed by atoms with Gasteiger partial charge in [0.2, 0.25) is 0 Å². The first-order chi connectivity index (χ1) is 6.96. The summed E-state index contributed by atoms with van der Waals surface area (Å²) in [6.07, 6.45) is 0.632. The van der Waals surface area contributed by atoms with Crippen molar-refractivity contribution in [3.8, 4) is 0 Å². The van der Waals surface area contributed by atoms with Crippen molar-refractivity contribution in [3.05, 3.63) is 29.6 Å². The lowest BCUT2D eigenvalue weighted by atomic mass is 10.0. The van der Waals surface area contributed by atoms with Gasteiger partial charge >= 0.3 is 0 Å². The summed E-state index contributed by atoms with van der Waals surface area (Å²) >= 11 is 0. The predicted molar refractivity (Wildman–Crippen MR) is 60.5 cm³/mol. The number of aliphatic hydroxyl groups is 1. The highest BCUT2D eigenvalue weighted by atomic mass is 19.1. The Kier molecular flexibility index (Phi) is 3.69. The van der Waals surface area contributed by atoms with Crippen molar-refractivity contribution >= 4 is 5.69 Å². The van der Waals surface area contributed by atoms with Crippen LogP contribution in [0.2, 0.25) is 0 Å². The van der Waals surface area contributed by atoms with Gasteiger partial charge in [-0.2, -0.15) is 0 Å². The molecule has 0 saturated heterocycles. The number of nitrogens with one attached hydrogen (secondary N) is 1. The third kappa shape index (κ3) is 3.20. The topological polar surface area (TPSA) is 32.3 Å². The summed E-state index contributed by atoms with van der Waals surface area (Å²) in [5, 5.41) is 12.7. The van der Waals surface area contributed by atoms with E-state index in [-0.39, 0.29) is 5.82 Å². The molecule has 1 aromatic rings. The number of hydrogen-bond donors (Lipinski definition) is 2. The summed E-state index contributed by atoms with van der Waals surface area (Å²) in [5.41, 5.74) is 0.530. The molecule has 15 heavy (non-hydrogen) atoms. The van der Waals surface area contributed by atoms with Crippen molar-refractivity contribution in [1.29, 1.82) is 0 Å². The number of benzene rings is 1. The zero-order valence-electron chi connectivity index (χ0n) is 9.47. The van der Waals surface area contributed by atoms with Crippen LogP contribution in [0.15, 0.2) is 18.2 Å². The van der Waals surface area contributed by atoms with E-state index >= 15 is 0 Å². The van der Waals surface area contributed by atoms with Crippen molar-refractivity contribution in [3.63, 3.8) is 0 Å². The highest BCUT2D eigenvalue weighted by Gasteiger charge is 2.18. The van der Waals surface area contributed by atoms with Crippen LogP contribution in [0.3, 0.4) is 0 Å². The standard InChI is InChI=1S/C12H18FNO/c1-4-12(3,15)8-14-11-9(2)6-5-7-10(11)13/h5-7,14-15H,4,8H2,1-3H3. The highest BCUT2D eigenvalue weighted by Crippen LogP contribution is 2.20. The molecule has 0 fully saturated rings. The molecule has 0 heterocycles. The van der Waals surface area contributed by atoms with E-state index in [9.17, 15) is 9.50 Å².